The zero-order chi connectivity index (χ0) is 15.3. The van der Waals surface area contributed by atoms with Crippen LogP contribution in [0, 0.1) is 3.57 Å². The Bertz CT molecular complexity index is 493. The maximum absolute atomic E-state index is 12.2. The summed E-state index contributed by atoms with van der Waals surface area (Å²) in [6, 6.07) is 1.31. The van der Waals surface area contributed by atoms with Gasteiger partial charge in [0.2, 0.25) is 5.88 Å². The second-order valence-corrected chi connectivity index (χ2v) is 4.62. The number of carbonyl (C=O) groups excluding carboxylic acids is 1. The van der Waals surface area contributed by atoms with E-state index in [1.54, 1.807) is 29.5 Å². The number of nitrogens with zero attached hydrogens (tertiary/aromatic N) is 1. The molecular weight excluding hydrogens is 394 g/mol. The fourth-order valence-electron chi connectivity index (χ4n) is 1.32. The van der Waals surface area contributed by atoms with Crippen molar-refractivity contribution in [2.45, 2.75) is 19.7 Å². The van der Waals surface area contributed by atoms with Crippen LogP contribution in [0.2, 0.25) is 0 Å². The van der Waals surface area contributed by atoms with Crippen LogP contribution < -0.4 is 9.47 Å². The summed E-state index contributed by atoms with van der Waals surface area (Å²) in [7, 11) is 1.33. The van der Waals surface area contributed by atoms with Crippen LogP contribution in [0.5, 0.6) is 11.6 Å². The highest BCUT2D eigenvalue weighted by Gasteiger charge is 2.33. The fourth-order valence-corrected chi connectivity index (χ4v) is 1.84. The van der Waals surface area contributed by atoms with Crippen LogP contribution in [0.15, 0.2) is 6.07 Å². The third kappa shape index (κ3) is 5.02. The van der Waals surface area contributed by atoms with Crippen molar-refractivity contribution in [3.05, 3.63) is 15.3 Å². The van der Waals surface area contributed by atoms with Gasteiger partial charge in [-0.2, -0.15) is 0 Å². The van der Waals surface area contributed by atoms with Crippen LogP contribution in [0.1, 0.15) is 12.6 Å². The number of carbonyl (C=O) groups is 1. The molecule has 5 nitrogen and oxygen atoms in total. The van der Waals surface area contributed by atoms with Gasteiger partial charge in [-0.1, -0.05) is 0 Å². The lowest BCUT2D eigenvalue weighted by atomic mass is 10.2. The molecule has 9 heteroatoms. The molecule has 1 aromatic heterocycles. The normalized spacial score (nSPS) is 11.1. The van der Waals surface area contributed by atoms with E-state index in [9.17, 15) is 18.0 Å². The van der Waals surface area contributed by atoms with E-state index >= 15 is 0 Å². The Morgan fingerprint density at radius 3 is 2.60 bits per heavy atom. The molecule has 0 atom stereocenters. The summed E-state index contributed by atoms with van der Waals surface area (Å²) < 4.78 is 50.3. The predicted octanol–water partition coefficient (Wildman–Crippen LogP) is 2.70. The van der Waals surface area contributed by atoms with Gasteiger partial charge in [0.05, 0.1) is 29.4 Å². The molecule has 0 unspecified atom stereocenters. The number of pyridine rings is 1. The second-order valence-electron chi connectivity index (χ2n) is 3.45. The molecule has 0 aliphatic carbocycles. The number of hydrogen-bond donors (Lipinski definition) is 0. The van der Waals surface area contributed by atoms with E-state index in [4.69, 9.17) is 9.47 Å². The molecule has 0 aliphatic heterocycles. The van der Waals surface area contributed by atoms with E-state index in [1.165, 1.54) is 13.2 Å². The van der Waals surface area contributed by atoms with Gasteiger partial charge < -0.3 is 14.2 Å². The molecular formula is C11H11F3INO4. The molecule has 1 aromatic rings. The first kappa shape index (κ1) is 16.8. The number of methoxy groups -OCH3 is 1. The molecule has 0 aliphatic rings. The van der Waals surface area contributed by atoms with Crippen LogP contribution in [0.4, 0.5) is 13.2 Å². The Labute approximate surface area is 126 Å². The number of aromatic nitrogens is 1. The minimum Gasteiger partial charge on any atom is -0.495 e. The van der Waals surface area contributed by atoms with Gasteiger partial charge in [0.1, 0.15) is 5.75 Å². The van der Waals surface area contributed by atoms with E-state index in [1.807, 2.05) is 0 Å². The van der Waals surface area contributed by atoms with Crippen LogP contribution >= 0.6 is 22.6 Å². The summed E-state index contributed by atoms with van der Waals surface area (Å²) in [5.74, 6) is -1.05. The maximum atomic E-state index is 12.2. The Hall–Kier alpha value is -1.26. The van der Waals surface area contributed by atoms with Gasteiger partial charge in [0.25, 0.3) is 0 Å². The summed E-state index contributed by atoms with van der Waals surface area (Å²) in [6.45, 7) is 1.78. The molecule has 0 amide bonds. The van der Waals surface area contributed by atoms with E-state index in [0.29, 0.717) is 0 Å². The standard InChI is InChI=1S/C11H11F3INO4/c1-3-19-9(17)5-7-8(18-2)4-6(15)10(16-7)20-11(12,13)14/h4H,3,5H2,1-2H3. The van der Waals surface area contributed by atoms with Crippen molar-refractivity contribution in [3.8, 4) is 11.6 Å². The number of hydrogen-bond acceptors (Lipinski definition) is 5. The Kier molecular flexibility index (Phi) is 5.84. The van der Waals surface area contributed by atoms with Crippen LogP contribution in [0.3, 0.4) is 0 Å². The van der Waals surface area contributed by atoms with Gasteiger partial charge >= 0.3 is 12.3 Å². The van der Waals surface area contributed by atoms with Gasteiger partial charge in [0.15, 0.2) is 0 Å². The van der Waals surface area contributed by atoms with Crippen molar-refractivity contribution in [1.29, 1.82) is 0 Å². The van der Waals surface area contributed by atoms with Crippen molar-refractivity contribution < 1.29 is 32.2 Å². The fraction of sp³-hybridized carbons (Fsp3) is 0.455. The molecule has 0 saturated carbocycles. The van der Waals surface area contributed by atoms with E-state index in [2.05, 4.69) is 9.72 Å². The van der Waals surface area contributed by atoms with Crippen molar-refractivity contribution in [3.63, 3.8) is 0 Å². The Morgan fingerprint density at radius 2 is 2.10 bits per heavy atom. The quantitative estimate of drug-likeness (QED) is 0.557. The van der Waals surface area contributed by atoms with Crippen molar-refractivity contribution in [2.24, 2.45) is 0 Å². The molecule has 20 heavy (non-hydrogen) atoms. The van der Waals surface area contributed by atoms with Gasteiger partial charge in [0, 0.05) is 6.07 Å². The van der Waals surface area contributed by atoms with Crippen LogP contribution in [0.25, 0.3) is 0 Å². The number of rotatable bonds is 5. The molecule has 0 N–H and O–H groups in total. The first-order valence-electron chi connectivity index (χ1n) is 5.41. The molecule has 0 spiro atoms. The SMILES string of the molecule is CCOC(=O)Cc1nc(OC(F)(F)F)c(I)cc1OC. The topological polar surface area (TPSA) is 57.7 Å². The van der Waals surface area contributed by atoms with Crippen molar-refractivity contribution >= 4 is 28.6 Å². The summed E-state index contributed by atoms with van der Waals surface area (Å²) in [5, 5.41) is 0. The number of ether oxygens (including phenoxy) is 3. The number of alkyl halides is 3. The summed E-state index contributed by atoms with van der Waals surface area (Å²) in [6.07, 6.45) is -5.16. The van der Waals surface area contributed by atoms with Gasteiger partial charge in [-0.3, -0.25) is 4.79 Å². The average Bonchev–Trinajstić information content (AvgIpc) is 2.31. The largest absolute Gasteiger partial charge is 0.574 e. The van der Waals surface area contributed by atoms with Gasteiger partial charge in [-0.25, -0.2) is 4.98 Å². The third-order valence-electron chi connectivity index (χ3n) is 2.03. The lowest BCUT2D eigenvalue weighted by molar-refractivity contribution is -0.276. The van der Waals surface area contributed by atoms with Crippen molar-refractivity contribution in [1.82, 2.24) is 4.98 Å². The van der Waals surface area contributed by atoms with Crippen LogP contribution in [-0.4, -0.2) is 31.0 Å². The molecule has 0 saturated heterocycles. The lowest BCUT2D eigenvalue weighted by Crippen LogP contribution is -2.19. The lowest BCUT2D eigenvalue weighted by Gasteiger charge is -2.13. The highest BCUT2D eigenvalue weighted by Crippen LogP contribution is 2.30. The summed E-state index contributed by atoms with van der Waals surface area (Å²) >= 11 is 1.63. The van der Waals surface area contributed by atoms with Crippen LogP contribution in [-0.2, 0) is 16.0 Å². The second kappa shape index (κ2) is 6.95. The average molecular weight is 405 g/mol. The first-order chi connectivity index (χ1) is 9.26. The highest BCUT2D eigenvalue weighted by atomic mass is 127. The highest BCUT2D eigenvalue weighted by molar-refractivity contribution is 14.1. The minimum atomic E-state index is -4.86. The molecule has 112 valence electrons. The Morgan fingerprint density at radius 1 is 1.45 bits per heavy atom. The monoisotopic (exact) mass is 405 g/mol. The summed E-state index contributed by atoms with van der Waals surface area (Å²) in [5.41, 5.74) is 0.0191. The molecule has 0 radical (unpaired) electrons. The molecule has 1 rings (SSSR count). The molecule has 1 heterocycles. The van der Waals surface area contributed by atoms with E-state index in [-0.39, 0.29) is 28.0 Å². The maximum Gasteiger partial charge on any atom is 0.574 e. The number of halogens is 4. The zero-order valence-electron chi connectivity index (χ0n) is 10.6. The van der Waals surface area contributed by atoms with E-state index < -0.39 is 18.2 Å². The summed E-state index contributed by atoms with van der Waals surface area (Å²) in [4.78, 5) is 15.1. The predicted molar refractivity (Wildman–Crippen MR) is 70.5 cm³/mol. The van der Waals surface area contributed by atoms with Gasteiger partial charge in [-0.05, 0) is 29.5 Å². The number of esters is 1. The van der Waals surface area contributed by atoms with Crippen molar-refractivity contribution in [2.75, 3.05) is 13.7 Å². The van der Waals surface area contributed by atoms with E-state index in [0.717, 1.165) is 0 Å². The van der Waals surface area contributed by atoms with Gasteiger partial charge in [-0.15, -0.1) is 13.2 Å². The zero-order valence-corrected chi connectivity index (χ0v) is 12.7. The third-order valence-corrected chi connectivity index (χ3v) is 2.81. The molecule has 0 fully saturated rings. The smallest absolute Gasteiger partial charge is 0.495 e. The molecule has 0 bridgehead atoms. The minimum absolute atomic E-state index is 0.0191. The Balaban J connectivity index is 3.08. The molecule has 0 aromatic carbocycles. The first-order valence-corrected chi connectivity index (χ1v) is 6.49.